The number of para-hydroxylation sites is 1. The number of imidazole rings is 1. The Kier molecular flexibility index (Phi) is 3.50. The number of aromatic amines is 1. The Hall–Kier alpha value is -1.46. The molecular weight excluding hydrogens is 346 g/mol. The fraction of sp³-hybridized carbons (Fsp3) is 0.250. The van der Waals surface area contributed by atoms with Crippen molar-refractivity contribution in [1.29, 1.82) is 0 Å². The second kappa shape index (κ2) is 5.07. The van der Waals surface area contributed by atoms with E-state index in [9.17, 15) is 0 Å². The number of nitrogens with zero attached hydrogens (tertiary/aromatic N) is 2. The zero-order valence-corrected chi connectivity index (χ0v) is 14.5. The third-order valence-electron chi connectivity index (χ3n) is 3.44. The maximum absolute atomic E-state index is 5.48. The largest absolute Gasteiger partial charge is 0.337 e. The van der Waals surface area contributed by atoms with Gasteiger partial charge in [0.1, 0.15) is 0 Å². The molecule has 3 aromatic rings. The molecule has 0 saturated heterocycles. The lowest BCUT2D eigenvalue weighted by molar-refractivity contribution is 0.556. The molecule has 0 saturated carbocycles. The van der Waals surface area contributed by atoms with Crippen LogP contribution in [0.15, 0.2) is 41.1 Å². The summed E-state index contributed by atoms with van der Waals surface area (Å²) in [7, 11) is 0. The number of hydrogen-bond acceptors (Lipinski definition) is 2. The highest BCUT2D eigenvalue weighted by Gasteiger charge is 2.21. The van der Waals surface area contributed by atoms with Crippen LogP contribution < -0.4 is 0 Å². The predicted molar refractivity (Wildman–Crippen MR) is 92.7 cm³/mol. The summed E-state index contributed by atoms with van der Waals surface area (Å²) in [6.07, 6.45) is 3.80. The number of benzene rings is 1. The number of hydrogen-bond donors (Lipinski definition) is 1. The summed E-state index contributed by atoms with van der Waals surface area (Å²) >= 11 is 8.95. The van der Waals surface area contributed by atoms with Crippen LogP contribution in [0.5, 0.6) is 0 Å². The minimum absolute atomic E-state index is 0.00884. The van der Waals surface area contributed by atoms with Gasteiger partial charge in [-0.15, -0.1) is 0 Å². The van der Waals surface area contributed by atoms with Crippen LogP contribution in [-0.4, -0.2) is 14.5 Å². The zero-order chi connectivity index (χ0) is 15.2. The molecule has 0 amide bonds. The van der Waals surface area contributed by atoms with E-state index in [1.165, 1.54) is 0 Å². The summed E-state index contributed by atoms with van der Waals surface area (Å²) in [5, 5.41) is 1.09. The van der Waals surface area contributed by atoms with E-state index >= 15 is 0 Å². The van der Waals surface area contributed by atoms with Gasteiger partial charge in [-0.05, 0) is 40.3 Å². The molecule has 0 bridgehead atoms. The number of halogens is 1. The molecule has 3 rings (SSSR count). The molecule has 2 heterocycles. The highest BCUT2D eigenvalue weighted by Crippen LogP contribution is 2.29. The van der Waals surface area contributed by atoms with Crippen LogP contribution in [0.25, 0.3) is 16.6 Å². The number of rotatable bonds is 1. The molecule has 0 radical (unpaired) electrons. The van der Waals surface area contributed by atoms with E-state index in [1.54, 1.807) is 0 Å². The number of pyridine rings is 1. The molecule has 0 aliphatic rings. The molecule has 1 N–H and O–H groups in total. The quantitative estimate of drug-likeness (QED) is 0.608. The maximum atomic E-state index is 5.48. The molecule has 3 nitrogen and oxygen atoms in total. The minimum atomic E-state index is -0.00884. The van der Waals surface area contributed by atoms with Crippen molar-refractivity contribution in [3.63, 3.8) is 0 Å². The van der Waals surface area contributed by atoms with E-state index in [-0.39, 0.29) is 5.41 Å². The highest BCUT2D eigenvalue weighted by atomic mass is 79.9. The topological polar surface area (TPSA) is 33.6 Å². The average Bonchev–Trinajstić information content (AvgIpc) is 2.79. The van der Waals surface area contributed by atoms with Gasteiger partial charge in [0.25, 0.3) is 0 Å². The standard InChI is InChI=1S/C16H16BrN3S/c1-16(2,3)13-9-19-15(21)20(13)12-6-4-5-10-7-11(17)8-18-14(10)12/h4-9H,1-3H3,(H,19,21). The number of aromatic nitrogens is 3. The third kappa shape index (κ3) is 2.56. The fourth-order valence-electron chi connectivity index (χ4n) is 2.46. The van der Waals surface area contributed by atoms with E-state index in [1.807, 2.05) is 18.5 Å². The lowest BCUT2D eigenvalue weighted by atomic mass is 9.92. The van der Waals surface area contributed by atoms with Gasteiger partial charge in [-0.25, -0.2) is 0 Å². The molecule has 0 fully saturated rings. The SMILES string of the molecule is CC(C)(C)c1c[nH]c(=S)n1-c1cccc2cc(Br)cnc12. The van der Waals surface area contributed by atoms with Crippen molar-refractivity contribution in [2.45, 2.75) is 26.2 Å². The Bertz CT molecular complexity index is 871. The van der Waals surface area contributed by atoms with E-state index in [0.717, 1.165) is 26.8 Å². The molecular formula is C16H16BrN3S. The zero-order valence-electron chi connectivity index (χ0n) is 12.1. The van der Waals surface area contributed by atoms with Crippen LogP contribution in [0.1, 0.15) is 26.5 Å². The number of H-pyrrole nitrogens is 1. The first-order chi connectivity index (χ1) is 9.88. The van der Waals surface area contributed by atoms with Crippen molar-refractivity contribution < 1.29 is 0 Å². The molecule has 2 aromatic heterocycles. The van der Waals surface area contributed by atoms with Gasteiger partial charge < -0.3 is 4.98 Å². The van der Waals surface area contributed by atoms with Crippen LogP contribution in [0.4, 0.5) is 0 Å². The molecule has 0 aliphatic carbocycles. The maximum Gasteiger partial charge on any atom is 0.182 e. The Morgan fingerprint density at radius 3 is 2.76 bits per heavy atom. The second-order valence-electron chi connectivity index (χ2n) is 6.07. The van der Waals surface area contributed by atoms with E-state index in [0.29, 0.717) is 4.77 Å². The number of nitrogens with one attached hydrogen (secondary N) is 1. The van der Waals surface area contributed by atoms with E-state index in [2.05, 4.69) is 69.4 Å². The van der Waals surface area contributed by atoms with Crippen LogP contribution in [0.3, 0.4) is 0 Å². The van der Waals surface area contributed by atoms with E-state index < -0.39 is 0 Å². The molecule has 1 aromatic carbocycles. The van der Waals surface area contributed by atoms with Gasteiger partial charge in [0.05, 0.1) is 11.2 Å². The van der Waals surface area contributed by atoms with Crippen molar-refractivity contribution in [2.75, 3.05) is 0 Å². The van der Waals surface area contributed by atoms with Gasteiger partial charge in [-0.3, -0.25) is 9.55 Å². The third-order valence-corrected chi connectivity index (χ3v) is 4.18. The van der Waals surface area contributed by atoms with Crippen molar-refractivity contribution in [2.24, 2.45) is 0 Å². The molecule has 0 spiro atoms. The Balaban J connectivity index is 2.37. The van der Waals surface area contributed by atoms with Crippen LogP contribution >= 0.6 is 28.1 Å². The molecule has 108 valence electrons. The normalized spacial score (nSPS) is 12.0. The average molecular weight is 362 g/mol. The van der Waals surface area contributed by atoms with Gasteiger partial charge in [-0.1, -0.05) is 32.9 Å². The summed E-state index contributed by atoms with van der Waals surface area (Å²) in [5.41, 5.74) is 3.09. The molecule has 0 atom stereocenters. The fourth-order valence-corrected chi connectivity index (χ4v) is 3.06. The molecule has 0 aliphatic heterocycles. The summed E-state index contributed by atoms with van der Waals surface area (Å²) in [6.45, 7) is 6.53. The van der Waals surface area contributed by atoms with Gasteiger partial charge in [-0.2, -0.15) is 0 Å². The molecule has 5 heteroatoms. The first-order valence-electron chi connectivity index (χ1n) is 6.73. The molecule has 21 heavy (non-hydrogen) atoms. The Morgan fingerprint density at radius 2 is 2.05 bits per heavy atom. The van der Waals surface area contributed by atoms with Crippen molar-refractivity contribution in [1.82, 2.24) is 14.5 Å². The van der Waals surface area contributed by atoms with Gasteiger partial charge in [0.15, 0.2) is 4.77 Å². The summed E-state index contributed by atoms with van der Waals surface area (Å²) in [4.78, 5) is 7.73. The monoisotopic (exact) mass is 361 g/mol. The van der Waals surface area contributed by atoms with Crippen LogP contribution in [-0.2, 0) is 5.41 Å². The Labute approximate surface area is 137 Å². The number of fused-ring (bicyclic) bond motifs is 1. The first-order valence-corrected chi connectivity index (χ1v) is 7.93. The first kappa shape index (κ1) is 14.5. The predicted octanol–water partition coefficient (Wildman–Crippen LogP) is 5.14. The second-order valence-corrected chi connectivity index (χ2v) is 7.37. The lowest BCUT2D eigenvalue weighted by Crippen LogP contribution is -2.17. The van der Waals surface area contributed by atoms with Crippen LogP contribution in [0.2, 0.25) is 0 Å². The lowest BCUT2D eigenvalue weighted by Gasteiger charge is -2.21. The highest BCUT2D eigenvalue weighted by molar-refractivity contribution is 9.10. The summed E-state index contributed by atoms with van der Waals surface area (Å²) < 4.78 is 3.75. The van der Waals surface area contributed by atoms with Gasteiger partial charge >= 0.3 is 0 Å². The summed E-state index contributed by atoms with van der Waals surface area (Å²) in [6, 6.07) is 8.22. The Morgan fingerprint density at radius 1 is 1.29 bits per heavy atom. The minimum Gasteiger partial charge on any atom is -0.337 e. The smallest absolute Gasteiger partial charge is 0.182 e. The van der Waals surface area contributed by atoms with E-state index in [4.69, 9.17) is 12.2 Å². The summed E-state index contributed by atoms with van der Waals surface area (Å²) in [5.74, 6) is 0. The van der Waals surface area contributed by atoms with Gasteiger partial charge in [0, 0.05) is 33.4 Å². The van der Waals surface area contributed by atoms with Crippen LogP contribution in [0, 0.1) is 4.77 Å². The molecule has 0 unspecified atom stereocenters. The van der Waals surface area contributed by atoms with Crippen molar-refractivity contribution in [3.05, 3.63) is 51.6 Å². The van der Waals surface area contributed by atoms with Crippen molar-refractivity contribution >= 4 is 39.1 Å². The van der Waals surface area contributed by atoms with Gasteiger partial charge in [0.2, 0.25) is 0 Å². The van der Waals surface area contributed by atoms with Crippen molar-refractivity contribution in [3.8, 4) is 5.69 Å².